The van der Waals surface area contributed by atoms with Crippen LogP contribution < -0.4 is 5.32 Å². The molecule has 1 aromatic heterocycles. The lowest BCUT2D eigenvalue weighted by molar-refractivity contribution is 0.715. The average Bonchev–Trinajstić information content (AvgIpc) is 2.50. The Labute approximate surface area is 72.4 Å². The van der Waals surface area contributed by atoms with Crippen LogP contribution in [-0.2, 0) is 0 Å². The summed E-state index contributed by atoms with van der Waals surface area (Å²) in [6, 6.07) is 4.24. The molecule has 0 amide bonds. The van der Waals surface area contributed by atoms with Crippen LogP contribution in [0.4, 0.5) is 0 Å². The standard InChI is InChI=1S/C9H14NS/c1-2-10-7-3-5-9-6-4-8-11-9/h4-6,8,10H,2-3,7H2,1H3. The lowest BCUT2D eigenvalue weighted by atomic mass is 10.2. The fraction of sp³-hybridized carbons (Fsp3) is 0.444. The molecule has 1 heterocycles. The van der Waals surface area contributed by atoms with E-state index in [2.05, 4.69) is 36.2 Å². The number of nitrogens with one attached hydrogen (secondary N) is 1. The highest BCUT2D eigenvalue weighted by molar-refractivity contribution is 7.10. The maximum Gasteiger partial charge on any atom is 0.00830 e. The molecule has 1 nitrogen and oxygen atoms in total. The van der Waals surface area contributed by atoms with Crippen molar-refractivity contribution in [2.75, 3.05) is 13.1 Å². The molecule has 61 valence electrons. The SMILES string of the molecule is CCNCC[CH]c1cccs1. The molecule has 0 fully saturated rings. The van der Waals surface area contributed by atoms with Gasteiger partial charge in [-0.25, -0.2) is 0 Å². The molecular weight excluding hydrogens is 154 g/mol. The van der Waals surface area contributed by atoms with E-state index in [9.17, 15) is 0 Å². The van der Waals surface area contributed by atoms with E-state index < -0.39 is 0 Å². The zero-order chi connectivity index (χ0) is 7.94. The van der Waals surface area contributed by atoms with Crippen molar-refractivity contribution >= 4 is 11.3 Å². The van der Waals surface area contributed by atoms with Gasteiger partial charge in [0.05, 0.1) is 0 Å². The Morgan fingerprint density at radius 2 is 2.55 bits per heavy atom. The van der Waals surface area contributed by atoms with Crippen molar-refractivity contribution in [2.24, 2.45) is 0 Å². The summed E-state index contributed by atoms with van der Waals surface area (Å²) in [5.41, 5.74) is 0. The Hall–Kier alpha value is -0.340. The normalized spacial score (nSPS) is 10.3. The largest absolute Gasteiger partial charge is 0.317 e. The minimum atomic E-state index is 1.07. The fourth-order valence-electron chi connectivity index (χ4n) is 0.901. The minimum absolute atomic E-state index is 1.07. The molecule has 1 N–H and O–H groups in total. The van der Waals surface area contributed by atoms with Crippen molar-refractivity contribution in [2.45, 2.75) is 13.3 Å². The zero-order valence-electron chi connectivity index (χ0n) is 6.84. The van der Waals surface area contributed by atoms with Crippen LogP contribution in [0.5, 0.6) is 0 Å². The van der Waals surface area contributed by atoms with Gasteiger partial charge in [0, 0.05) is 11.3 Å². The number of hydrogen-bond acceptors (Lipinski definition) is 2. The molecule has 0 bridgehead atoms. The number of hydrogen-bond donors (Lipinski definition) is 1. The van der Waals surface area contributed by atoms with E-state index >= 15 is 0 Å². The number of thiophene rings is 1. The molecule has 0 aliphatic heterocycles. The molecule has 0 saturated carbocycles. The maximum absolute atomic E-state index is 3.28. The molecule has 1 rings (SSSR count). The molecule has 0 aliphatic rings. The van der Waals surface area contributed by atoms with Crippen molar-refractivity contribution in [3.63, 3.8) is 0 Å². The monoisotopic (exact) mass is 168 g/mol. The first-order chi connectivity index (χ1) is 5.43. The van der Waals surface area contributed by atoms with Gasteiger partial charge < -0.3 is 5.32 Å². The smallest absolute Gasteiger partial charge is 0.00830 e. The Morgan fingerprint density at radius 3 is 3.18 bits per heavy atom. The first-order valence-electron chi connectivity index (χ1n) is 4.01. The van der Waals surface area contributed by atoms with E-state index in [1.165, 1.54) is 4.88 Å². The van der Waals surface area contributed by atoms with E-state index in [0.29, 0.717) is 0 Å². The molecule has 0 aliphatic carbocycles. The zero-order valence-corrected chi connectivity index (χ0v) is 7.66. The summed E-state index contributed by atoms with van der Waals surface area (Å²) in [6.45, 7) is 4.29. The Kier molecular flexibility index (Phi) is 4.24. The van der Waals surface area contributed by atoms with E-state index in [-0.39, 0.29) is 0 Å². The molecule has 0 saturated heterocycles. The van der Waals surface area contributed by atoms with Crippen LogP contribution >= 0.6 is 11.3 Å². The Morgan fingerprint density at radius 1 is 1.64 bits per heavy atom. The summed E-state index contributed by atoms with van der Waals surface area (Å²) in [5.74, 6) is 0. The molecule has 2 heteroatoms. The van der Waals surface area contributed by atoms with Gasteiger partial charge in [0.15, 0.2) is 0 Å². The van der Waals surface area contributed by atoms with Crippen LogP contribution in [0, 0.1) is 6.42 Å². The van der Waals surface area contributed by atoms with Crippen molar-refractivity contribution < 1.29 is 0 Å². The molecular formula is C9H14NS. The summed E-state index contributed by atoms with van der Waals surface area (Å²) in [4.78, 5) is 1.38. The van der Waals surface area contributed by atoms with Gasteiger partial charge in [-0.1, -0.05) is 13.0 Å². The molecule has 0 atom stereocenters. The third-order valence-electron chi connectivity index (χ3n) is 1.46. The van der Waals surface area contributed by atoms with Crippen molar-refractivity contribution in [3.8, 4) is 0 Å². The number of rotatable bonds is 5. The fourth-order valence-corrected chi connectivity index (χ4v) is 1.59. The Bertz CT molecular complexity index is 170. The molecule has 0 aromatic carbocycles. The topological polar surface area (TPSA) is 12.0 Å². The van der Waals surface area contributed by atoms with Crippen LogP contribution in [0.3, 0.4) is 0 Å². The van der Waals surface area contributed by atoms with Crippen LogP contribution in [0.15, 0.2) is 17.5 Å². The van der Waals surface area contributed by atoms with Crippen LogP contribution in [0.1, 0.15) is 18.2 Å². The second kappa shape index (κ2) is 5.33. The van der Waals surface area contributed by atoms with Gasteiger partial charge >= 0.3 is 0 Å². The molecule has 0 spiro atoms. The third-order valence-corrected chi connectivity index (χ3v) is 2.33. The van der Waals surface area contributed by atoms with Crippen LogP contribution in [0.2, 0.25) is 0 Å². The molecule has 11 heavy (non-hydrogen) atoms. The summed E-state index contributed by atoms with van der Waals surface area (Å²) in [6.07, 6.45) is 3.40. The van der Waals surface area contributed by atoms with Gasteiger partial charge in [-0.2, -0.15) is 0 Å². The van der Waals surface area contributed by atoms with E-state index in [4.69, 9.17) is 0 Å². The van der Waals surface area contributed by atoms with Crippen molar-refractivity contribution in [1.82, 2.24) is 5.32 Å². The second-order valence-electron chi connectivity index (χ2n) is 2.36. The lowest BCUT2D eigenvalue weighted by Crippen LogP contribution is -2.13. The predicted molar refractivity (Wildman–Crippen MR) is 50.9 cm³/mol. The highest BCUT2D eigenvalue weighted by atomic mass is 32.1. The first kappa shape index (κ1) is 8.75. The van der Waals surface area contributed by atoms with Gasteiger partial charge in [-0.3, -0.25) is 0 Å². The van der Waals surface area contributed by atoms with Crippen LogP contribution in [-0.4, -0.2) is 13.1 Å². The Balaban J connectivity index is 2.04. The van der Waals surface area contributed by atoms with E-state index in [1.54, 1.807) is 11.3 Å². The molecule has 1 radical (unpaired) electrons. The minimum Gasteiger partial charge on any atom is -0.317 e. The highest BCUT2D eigenvalue weighted by Gasteiger charge is 1.92. The predicted octanol–water partition coefficient (Wildman–Crippen LogP) is 2.30. The highest BCUT2D eigenvalue weighted by Crippen LogP contribution is 2.11. The van der Waals surface area contributed by atoms with E-state index in [1.807, 2.05) is 0 Å². The van der Waals surface area contributed by atoms with E-state index in [0.717, 1.165) is 19.5 Å². The maximum atomic E-state index is 3.28. The summed E-state index contributed by atoms with van der Waals surface area (Å²) >= 11 is 1.80. The summed E-state index contributed by atoms with van der Waals surface area (Å²) in [5, 5.41) is 5.39. The summed E-state index contributed by atoms with van der Waals surface area (Å²) < 4.78 is 0. The van der Waals surface area contributed by atoms with Gasteiger partial charge in [0.2, 0.25) is 0 Å². The lowest BCUT2D eigenvalue weighted by Gasteiger charge is -1.98. The van der Waals surface area contributed by atoms with Gasteiger partial charge in [-0.05, 0) is 31.0 Å². The summed E-state index contributed by atoms with van der Waals surface area (Å²) in [7, 11) is 0. The van der Waals surface area contributed by atoms with Gasteiger partial charge in [-0.15, -0.1) is 11.3 Å². The van der Waals surface area contributed by atoms with Gasteiger partial charge in [0.1, 0.15) is 0 Å². The van der Waals surface area contributed by atoms with Crippen LogP contribution in [0.25, 0.3) is 0 Å². The van der Waals surface area contributed by atoms with Gasteiger partial charge in [0.25, 0.3) is 0 Å². The first-order valence-corrected chi connectivity index (χ1v) is 4.89. The molecule has 1 aromatic rings. The van der Waals surface area contributed by atoms with Crippen molar-refractivity contribution in [1.29, 1.82) is 0 Å². The average molecular weight is 168 g/mol. The second-order valence-corrected chi connectivity index (χ2v) is 3.34. The molecule has 0 unspecified atom stereocenters. The quantitative estimate of drug-likeness (QED) is 0.665. The third kappa shape index (κ3) is 3.54. The van der Waals surface area contributed by atoms with Crippen molar-refractivity contribution in [3.05, 3.63) is 28.8 Å².